The van der Waals surface area contributed by atoms with Gasteiger partial charge < -0.3 is 15.4 Å². The third-order valence-electron chi connectivity index (χ3n) is 3.94. The van der Waals surface area contributed by atoms with E-state index in [4.69, 9.17) is 22.1 Å². The van der Waals surface area contributed by atoms with Gasteiger partial charge in [0, 0.05) is 12.8 Å². The Kier molecular flexibility index (Phi) is 6.48. The fourth-order valence-electron chi connectivity index (χ4n) is 2.65. The van der Waals surface area contributed by atoms with Crippen LogP contribution in [0.25, 0.3) is 0 Å². The van der Waals surface area contributed by atoms with Crippen molar-refractivity contribution in [2.75, 3.05) is 25.1 Å². The predicted molar refractivity (Wildman–Crippen MR) is 94.0 cm³/mol. The molecule has 1 aromatic carbocycles. The van der Waals surface area contributed by atoms with E-state index in [1.165, 1.54) is 0 Å². The van der Waals surface area contributed by atoms with Crippen LogP contribution in [-0.4, -0.2) is 56.5 Å². The Hall–Kier alpha value is -1.31. The van der Waals surface area contributed by atoms with E-state index in [0.29, 0.717) is 23.9 Å². The van der Waals surface area contributed by atoms with E-state index >= 15 is 0 Å². The largest absolute Gasteiger partial charge is 0.487 e. The Morgan fingerprint density at radius 1 is 1.46 bits per heavy atom. The number of carbonyl (C=O) groups excluding carboxylic acids is 1. The van der Waals surface area contributed by atoms with E-state index in [2.05, 4.69) is 0 Å². The zero-order valence-electron chi connectivity index (χ0n) is 13.7. The summed E-state index contributed by atoms with van der Waals surface area (Å²) in [6.45, 7) is 1.03. The van der Waals surface area contributed by atoms with E-state index in [1.54, 1.807) is 17.0 Å². The van der Waals surface area contributed by atoms with Gasteiger partial charge in [-0.1, -0.05) is 23.7 Å². The molecule has 0 bridgehead atoms. The van der Waals surface area contributed by atoms with E-state index in [1.807, 2.05) is 12.1 Å². The van der Waals surface area contributed by atoms with Gasteiger partial charge in [0.25, 0.3) is 0 Å². The van der Waals surface area contributed by atoms with Crippen molar-refractivity contribution in [3.63, 3.8) is 0 Å². The van der Waals surface area contributed by atoms with E-state index in [-0.39, 0.29) is 24.2 Å². The number of ether oxygens (including phenoxy) is 1. The minimum Gasteiger partial charge on any atom is -0.487 e. The van der Waals surface area contributed by atoms with Crippen LogP contribution in [-0.2, 0) is 14.6 Å². The first-order valence-corrected chi connectivity index (χ1v) is 10.3. The average Bonchev–Trinajstić information content (AvgIpc) is 2.53. The van der Waals surface area contributed by atoms with Gasteiger partial charge in [0.15, 0.2) is 0 Å². The van der Waals surface area contributed by atoms with Crippen LogP contribution in [0.4, 0.5) is 0 Å². The van der Waals surface area contributed by atoms with Gasteiger partial charge in [-0.15, -0.1) is 0 Å². The van der Waals surface area contributed by atoms with Crippen LogP contribution in [0.2, 0.25) is 5.02 Å². The molecule has 2 atom stereocenters. The van der Waals surface area contributed by atoms with Gasteiger partial charge in [-0.3, -0.25) is 4.79 Å². The molecule has 2 rings (SSSR count). The lowest BCUT2D eigenvalue weighted by atomic mass is 10.1. The van der Waals surface area contributed by atoms with Crippen molar-refractivity contribution in [1.29, 1.82) is 0 Å². The maximum absolute atomic E-state index is 12.4. The first-order valence-electron chi connectivity index (χ1n) is 7.89. The molecule has 0 saturated carbocycles. The highest BCUT2D eigenvalue weighted by molar-refractivity contribution is 7.90. The van der Waals surface area contributed by atoms with Gasteiger partial charge in [-0.25, -0.2) is 8.42 Å². The number of carbonyl (C=O) groups is 1. The molecule has 1 heterocycles. The summed E-state index contributed by atoms with van der Waals surface area (Å²) in [5, 5.41) is 0.533. The van der Waals surface area contributed by atoms with Gasteiger partial charge in [0.2, 0.25) is 5.91 Å². The summed E-state index contributed by atoms with van der Waals surface area (Å²) in [5.74, 6) is 0.277. The van der Waals surface area contributed by atoms with Crippen molar-refractivity contribution in [1.82, 2.24) is 4.90 Å². The van der Waals surface area contributed by atoms with Crippen LogP contribution in [0.5, 0.6) is 5.75 Å². The molecule has 0 aliphatic carbocycles. The molecule has 1 aromatic rings. The molecule has 0 aromatic heterocycles. The molecule has 0 spiro atoms. The Labute approximate surface area is 147 Å². The molecule has 1 amide bonds. The molecule has 8 heteroatoms. The molecule has 1 aliphatic heterocycles. The molecule has 1 saturated heterocycles. The van der Waals surface area contributed by atoms with Crippen molar-refractivity contribution in [3.05, 3.63) is 29.3 Å². The van der Waals surface area contributed by atoms with Crippen LogP contribution in [0.15, 0.2) is 24.3 Å². The summed E-state index contributed by atoms with van der Waals surface area (Å²) in [6, 6.07) is 6.41. The molecule has 6 nitrogen and oxygen atoms in total. The number of benzene rings is 1. The number of amides is 1. The smallest absolute Gasteiger partial charge is 0.239 e. The summed E-state index contributed by atoms with van der Waals surface area (Å²) in [5.41, 5.74) is 5.86. The van der Waals surface area contributed by atoms with Crippen LogP contribution in [0.1, 0.15) is 19.3 Å². The van der Waals surface area contributed by atoms with Crippen molar-refractivity contribution in [2.45, 2.75) is 31.4 Å². The third kappa shape index (κ3) is 5.65. The first-order chi connectivity index (χ1) is 11.3. The number of piperidine rings is 1. The molecule has 0 radical (unpaired) electrons. The molecule has 2 N–H and O–H groups in total. The second kappa shape index (κ2) is 8.18. The first kappa shape index (κ1) is 19.0. The number of sulfone groups is 1. The summed E-state index contributed by atoms with van der Waals surface area (Å²) in [4.78, 5) is 14.1. The second-order valence-electron chi connectivity index (χ2n) is 6.12. The zero-order valence-corrected chi connectivity index (χ0v) is 15.2. The standard InChI is InChI=1S/C16H23ClN2O4S/c1-24(21,22)10-8-14(18)16(20)19-9-4-5-12(11-19)23-15-7-3-2-6-13(15)17/h2-3,6-7,12,14H,4-5,8-11,18H2,1H3/t12-,14+/m0/s1. The highest BCUT2D eigenvalue weighted by Crippen LogP contribution is 2.26. The number of hydrogen-bond donors (Lipinski definition) is 1. The number of halogens is 1. The second-order valence-corrected chi connectivity index (χ2v) is 8.79. The van der Waals surface area contributed by atoms with Gasteiger partial charge in [0.1, 0.15) is 21.7 Å². The van der Waals surface area contributed by atoms with Crippen LogP contribution >= 0.6 is 11.6 Å². The highest BCUT2D eigenvalue weighted by Gasteiger charge is 2.28. The maximum atomic E-state index is 12.4. The lowest BCUT2D eigenvalue weighted by molar-refractivity contribution is -0.135. The lowest BCUT2D eigenvalue weighted by Crippen LogP contribution is -2.50. The summed E-state index contributed by atoms with van der Waals surface area (Å²) >= 11 is 6.09. The van der Waals surface area contributed by atoms with Crippen LogP contribution in [0.3, 0.4) is 0 Å². The number of hydrogen-bond acceptors (Lipinski definition) is 5. The minimum atomic E-state index is -3.13. The van der Waals surface area contributed by atoms with Crippen LogP contribution < -0.4 is 10.5 Å². The molecule has 134 valence electrons. The normalized spacial score (nSPS) is 19.8. The van der Waals surface area contributed by atoms with E-state index in [0.717, 1.165) is 19.1 Å². The van der Waals surface area contributed by atoms with Crippen LogP contribution in [0, 0.1) is 0 Å². The molecular formula is C16H23ClN2O4S. The molecule has 0 unspecified atom stereocenters. The Morgan fingerprint density at radius 2 is 2.17 bits per heavy atom. The Balaban J connectivity index is 1.92. The van der Waals surface area contributed by atoms with Crippen molar-refractivity contribution in [3.8, 4) is 5.75 Å². The Bertz CT molecular complexity index is 680. The number of para-hydroxylation sites is 1. The van der Waals surface area contributed by atoms with Gasteiger partial charge in [0.05, 0.1) is 23.4 Å². The predicted octanol–water partition coefficient (Wildman–Crippen LogP) is 1.47. The SMILES string of the molecule is CS(=O)(=O)CC[C@@H](N)C(=O)N1CCC[C@H](Oc2ccccc2Cl)C1. The van der Waals surface area contributed by atoms with E-state index in [9.17, 15) is 13.2 Å². The Morgan fingerprint density at radius 3 is 2.83 bits per heavy atom. The minimum absolute atomic E-state index is 0.0900. The quantitative estimate of drug-likeness (QED) is 0.814. The lowest BCUT2D eigenvalue weighted by Gasteiger charge is -2.34. The number of likely N-dealkylation sites (tertiary alicyclic amines) is 1. The van der Waals surface area contributed by atoms with E-state index < -0.39 is 15.9 Å². The van der Waals surface area contributed by atoms with Crippen molar-refractivity contribution in [2.24, 2.45) is 5.73 Å². The molecule has 1 fully saturated rings. The van der Waals surface area contributed by atoms with Gasteiger partial charge in [-0.05, 0) is 31.4 Å². The summed E-state index contributed by atoms with van der Waals surface area (Å²) < 4.78 is 28.3. The third-order valence-corrected chi connectivity index (χ3v) is 5.23. The summed E-state index contributed by atoms with van der Waals surface area (Å²) in [6.07, 6.45) is 2.75. The monoisotopic (exact) mass is 374 g/mol. The number of nitrogens with zero attached hydrogens (tertiary/aromatic N) is 1. The molecular weight excluding hydrogens is 352 g/mol. The zero-order chi connectivity index (χ0) is 17.7. The highest BCUT2D eigenvalue weighted by atomic mass is 35.5. The fourth-order valence-corrected chi connectivity index (χ4v) is 3.52. The molecule has 24 heavy (non-hydrogen) atoms. The maximum Gasteiger partial charge on any atom is 0.239 e. The van der Waals surface area contributed by atoms with Crippen molar-refractivity contribution < 1.29 is 17.9 Å². The number of rotatable bonds is 6. The number of nitrogens with two attached hydrogens (primary N) is 1. The topological polar surface area (TPSA) is 89.7 Å². The van der Waals surface area contributed by atoms with Gasteiger partial charge >= 0.3 is 0 Å². The average molecular weight is 375 g/mol. The molecule has 1 aliphatic rings. The van der Waals surface area contributed by atoms with Crippen molar-refractivity contribution >= 4 is 27.3 Å². The summed E-state index contributed by atoms with van der Waals surface area (Å²) in [7, 11) is -3.13. The fraction of sp³-hybridized carbons (Fsp3) is 0.562. The van der Waals surface area contributed by atoms with Gasteiger partial charge in [-0.2, -0.15) is 0 Å².